The lowest BCUT2D eigenvalue weighted by Gasteiger charge is -2.06. The van der Waals surface area contributed by atoms with Crippen LogP contribution in [0.15, 0.2) is 54.6 Å². The summed E-state index contributed by atoms with van der Waals surface area (Å²) in [4.78, 5) is 0. The predicted molar refractivity (Wildman–Crippen MR) is 125 cm³/mol. The number of hydrogen-bond donors (Lipinski definition) is 0. The molecule has 0 nitrogen and oxygen atoms in total. The molecular formula is C28H42. The van der Waals surface area contributed by atoms with Crippen molar-refractivity contribution in [3.8, 4) is 0 Å². The van der Waals surface area contributed by atoms with Crippen LogP contribution >= 0.6 is 0 Å². The van der Waals surface area contributed by atoms with E-state index in [9.17, 15) is 0 Å². The Morgan fingerprint density at radius 3 is 1.57 bits per heavy atom. The maximum Gasteiger partial charge on any atom is -0.00257 e. The first-order chi connectivity index (χ1) is 13.9. The third kappa shape index (κ3) is 10.7. The van der Waals surface area contributed by atoms with Crippen molar-refractivity contribution >= 4 is 0 Å². The SMILES string of the molecule is CCCCCCCCCCCCCCCc1cccc(Cc2ccccc2)c1. The first kappa shape index (κ1) is 22.7. The van der Waals surface area contributed by atoms with Crippen LogP contribution in [0.25, 0.3) is 0 Å². The highest BCUT2D eigenvalue weighted by Gasteiger charge is 1.99. The van der Waals surface area contributed by atoms with Crippen molar-refractivity contribution in [1.82, 2.24) is 0 Å². The van der Waals surface area contributed by atoms with Crippen molar-refractivity contribution in [3.63, 3.8) is 0 Å². The largest absolute Gasteiger partial charge is 0.0654 e. The lowest BCUT2D eigenvalue weighted by Crippen LogP contribution is -1.91. The van der Waals surface area contributed by atoms with Crippen LogP contribution in [0.5, 0.6) is 0 Å². The zero-order valence-corrected chi connectivity index (χ0v) is 18.3. The number of benzene rings is 2. The Morgan fingerprint density at radius 2 is 0.964 bits per heavy atom. The number of rotatable bonds is 16. The van der Waals surface area contributed by atoms with Gasteiger partial charge < -0.3 is 0 Å². The molecule has 0 atom stereocenters. The van der Waals surface area contributed by atoms with Gasteiger partial charge in [-0.3, -0.25) is 0 Å². The summed E-state index contributed by atoms with van der Waals surface area (Å²) < 4.78 is 0. The van der Waals surface area contributed by atoms with Crippen LogP contribution in [0.4, 0.5) is 0 Å². The lowest BCUT2D eigenvalue weighted by molar-refractivity contribution is 0.539. The van der Waals surface area contributed by atoms with Gasteiger partial charge in [0, 0.05) is 0 Å². The molecule has 0 N–H and O–H groups in total. The second-order valence-corrected chi connectivity index (χ2v) is 8.47. The van der Waals surface area contributed by atoms with Crippen LogP contribution < -0.4 is 0 Å². The van der Waals surface area contributed by atoms with Crippen LogP contribution in [-0.2, 0) is 12.8 Å². The minimum Gasteiger partial charge on any atom is -0.0654 e. The Kier molecular flexibility index (Phi) is 12.5. The van der Waals surface area contributed by atoms with Crippen LogP contribution in [0, 0.1) is 0 Å². The van der Waals surface area contributed by atoms with Gasteiger partial charge in [0.2, 0.25) is 0 Å². The number of aryl methyl sites for hydroxylation is 1. The van der Waals surface area contributed by atoms with E-state index < -0.39 is 0 Å². The monoisotopic (exact) mass is 378 g/mol. The third-order valence-corrected chi connectivity index (χ3v) is 5.81. The normalized spacial score (nSPS) is 11.0. The van der Waals surface area contributed by atoms with Gasteiger partial charge in [0.05, 0.1) is 0 Å². The van der Waals surface area contributed by atoms with E-state index in [1.54, 1.807) is 0 Å². The molecule has 0 spiro atoms. The molecule has 2 aromatic carbocycles. The Hall–Kier alpha value is -1.56. The summed E-state index contributed by atoms with van der Waals surface area (Å²) in [6.07, 6.45) is 20.8. The first-order valence-electron chi connectivity index (χ1n) is 12.0. The van der Waals surface area contributed by atoms with Crippen molar-refractivity contribution in [2.75, 3.05) is 0 Å². The minimum atomic E-state index is 1.05. The summed E-state index contributed by atoms with van der Waals surface area (Å²) in [7, 11) is 0. The molecule has 154 valence electrons. The maximum atomic E-state index is 2.41. The van der Waals surface area contributed by atoms with E-state index in [2.05, 4.69) is 61.5 Å². The van der Waals surface area contributed by atoms with E-state index in [0.717, 1.165) is 6.42 Å². The van der Waals surface area contributed by atoms with Crippen LogP contribution in [0.2, 0.25) is 0 Å². The number of unbranched alkanes of at least 4 members (excludes halogenated alkanes) is 12. The molecule has 0 aliphatic heterocycles. The second kappa shape index (κ2) is 15.4. The minimum absolute atomic E-state index is 1.05. The molecule has 28 heavy (non-hydrogen) atoms. The van der Waals surface area contributed by atoms with Gasteiger partial charge in [-0.05, 0) is 36.0 Å². The van der Waals surface area contributed by atoms with Gasteiger partial charge in [-0.2, -0.15) is 0 Å². The fraction of sp³-hybridized carbons (Fsp3) is 0.571. The Labute approximate surface area is 174 Å². The van der Waals surface area contributed by atoms with E-state index in [0.29, 0.717) is 0 Å². The highest BCUT2D eigenvalue weighted by atomic mass is 14.0. The summed E-state index contributed by atoms with van der Waals surface area (Å²) in [6.45, 7) is 2.29. The first-order valence-corrected chi connectivity index (χ1v) is 12.0. The zero-order valence-electron chi connectivity index (χ0n) is 18.3. The summed E-state index contributed by atoms with van der Waals surface area (Å²) in [5.74, 6) is 0. The van der Waals surface area contributed by atoms with E-state index in [1.165, 1.54) is 107 Å². The van der Waals surface area contributed by atoms with Crippen molar-refractivity contribution in [2.24, 2.45) is 0 Å². The molecule has 0 saturated heterocycles. The van der Waals surface area contributed by atoms with Gasteiger partial charge in [0.15, 0.2) is 0 Å². The average molecular weight is 379 g/mol. The van der Waals surface area contributed by atoms with E-state index in [-0.39, 0.29) is 0 Å². The van der Waals surface area contributed by atoms with Gasteiger partial charge in [-0.15, -0.1) is 0 Å². The molecule has 0 radical (unpaired) electrons. The van der Waals surface area contributed by atoms with Gasteiger partial charge >= 0.3 is 0 Å². The summed E-state index contributed by atoms with van der Waals surface area (Å²) in [5, 5.41) is 0. The fourth-order valence-corrected chi connectivity index (χ4v) is 4.07. The summed E-state index contributed by atoms with van der Waals surface area (Å²) in [6, 6.07) is 20.0. The maximum absolute atomic E-state index is 2.41. The molecule has 0 bridgehead atoms. The molecule has 0 aliphatic rings. The highest BCUT2D eigenvalue weighted by Crippen LogP contribution is 2.16. The van der Waals surface area contributed by atoms with Crippen molar-refractivity contribution in [2.45, 2.75) is 103 Å². The standard InChI is InChI=1S/C28H42/c1-2-3-4-5-6-7-8-9-10-11-12-13-15-19-27-22-18-23-28(25-27)24-26-20-16-14-17-21-26/h14,16-18,20-23,25H,2-13,15,19,24H2,1H3. The molecule has 0 fully saturated rings. The Balaban J connectivity index is 1.47. The van der Waals surface area contributed by atoms with E-state index in [1.807, 2.05) is 0 Å². The third-order valence-electron chi connectivity index (χ3n) is 5.81. The fourth-order valence-electron chi connectivity index (χ4n) is 4.07. The van der Waals surface area contributed by atoms with Gasteiger partial charge in [0.1, 0.15) is 0 Å². The second-order valence-electron chi connectivity index (χ2n) is 8.47. The molecular weight excluding hydrogens is 336 g/mol. The Bertz CT molecular complexity index is 598. The summed E-state index contributed by atoms with van der Waals surface area (Å²) in [5.41, 5.74) is 4.36. The quantitative estimate of drug-likeness (QED) is 0.256. The van der Waals surface area contributed by atoms with Gasteiger partial charge in [-0.1, -0.05) is 139 Å². The molecule has 0 aliphatic carbocycles. The van der Waals surface area contributed by atoms with Crippen LogP contribution in [0.3, 0.4) is 0 Å². The van der Waals surface area contributed by atoms with E-state index in [4.69, 9.17) is 0 Å². The molecule has 2 aromatic rings. The lowest BCUT2D eigenvalue weighted by atomic mass is 9.99. The molecule has 0 aromatic heterocycles. The van der Waals surface area contributed by atoms with Crippen molar-refractivity contribution in [3.05, 3.63) is 71.3 Å². The van der Waals surface area contributed by atoms with Crippen molar-refractivity contribution < 1.29 is 0 Å². The Morgan fingerprint density at radius 1 is 0.464 bits per heavy atom. The zero-order chi connectivity index (χ0) is 19.7. The average Bonchev–Trinajstić information content (AvgIpc) is 2.72. The van der Waals surface area contributed by atoms with Crippen molar-refractivity contribution in [1.29, 1.82) is 0 Å². The molecule has 0 saturated carbocycles. The predicted octanol–water partition coefficient (Wildman–Crippen LogP) is 8.91. The van der Waals surface area contributed by atoms with Crippen LogP contribution in [0.1, 0.15) is 107 Å². The van der Waals surface area contributed by atoms with E-state index >= 15 is 0 Å². The molecule has 2 rings (SSSR count). The topological polar surface area (TPSA) is 0 Å². The molecule has 0 heteroatoms. The molecule has 0 amide bonds. The smallest absolute Gasteiger partial charge is 0.00257 e. The van der Waals surface area contributed by atoms with Gasteiger partial charge in [-0.25, -0.2) is 0 Å². The molecule has 0 heterocycles. The van der Waals surface area contributed by atoms with Gasteiger partial charge in [0.25, 0.3) is 0 Å². The number of hydrogen-bond acceptors (Lipinski definition) is 0. The highest BCUT2D eigenvalue weighted by molar-refractivity contribution is 5.29. The van der Waals surface area contributed by atoms with Crippen LogP contribution in [-0.4, -0.2) is 0 Å². The summed E-state index contributed by atoms with van der Waals surface area (Å²) >= 11 is 0. The molecule has 0 unspecified atom stereocenters.